The van der Waals surface area contributed by atoms with Crippen molar-refractivity contribution >= 4 is 89.5 Å². The average molecular weight is 1120 g/mol. The van der Waals surface area contributed by atoms with E-state index in [1.54, 1.807) is 0 Å². The second-order valence-corrected chi connectivity index (χ2v) is 11.8. The van der Waals surface area contributed by atoms with Crippen LogP contribution in [0.5, 0.6) is 0 Å². The monoisotopic (exact) mass is 1120 g/mol. The molecule has 414 valence electrons. The molecule has 0 rings (SSSR count). The fourth-order valence-electron chi connectivity index (χ4n) is 2.87. The van der Waals surface area contributed by atoms with E-state index in [1.807, 2.05) is 0 Å². The van der Waals surface area contributed by atoms with Gasteiger partial charge in [0.2, 0.25) is 0 Å². The summed E-state index contributed by atoms with van der Waals surface area (Å²) in [4.78, 5) is 211. The number of carboxylic acids is 3. The van der Waals surface area contributed by atoms with Crippen LogP contribution in [0.1, 0.15) is 104 Å². The van der Waals surface area contributed by atoms with Crippen LogP contribution in [0.3, 0.4) is 0 Å². The van der Waals surface area contributed by atoms with Gasteiger partial charge in [-0.2, -0.15) is 0 Å². The van der Waals surface area contributed by atoms with E-state index >= 15 is 0 Å². The van der Waals surface area contributed by atoms with E-state index in [9.17, 15) is 57.5 Å². The number of hydroxylamine groups is 12. The Labute approximate surface area is 494 Å². The Kier molecular flexibility index (Phi) is 65.6. The quantitative estimate of drug-likeness (QED) is 0.0761. The van der Waals surface area contributed by atoms with Crippen molar-refractivity contribution in [3.63, 3.8) is 0 Å². The van der Waals surface area contributed by atoms with Crippen molar-refractivity contribution in [1.29, 1.82) is 0 Å². The molecule has 0 aliphatic carbocycles. The summed E-state index contributed by atoms with van der Waals surface area (Å²) in [6.45, 7) is 14.8. The van der Waals surface area contributed by atoms with Crippen LogP contribution in [-0.4, -0.2) is 160 Å². The van der Waals surface area contributed by atoms with Gasteiger partial charge in [0.25, 0.3) is 0 Å². The van der Waals surface area contributed by atoms with Crippen molar-refractivity contribution < 1.29 is 234 Å². The van der Waals surface area contributed by atoms with Gasteiger partial charge < -0.3 is 87.8 Å². The van der Waals surface area contributed by atoms with Crippen LogP contribution >= 0.6 is 0 Å². The topological polar surface area (TPSA) is 455 Å². The maximum absolute atomic E-state index is 10.8. The molecule has 0 saturated heterocycles. The summed E-state index contributed by atoms with van der Waals surface area (Å²) >= 11 is 0. The molecule has 0 unspecified atom stereocenters. The molecule has 0 bridgehead atoms. The number of carbonyl (C=O) groups excluding carboxylic acids is 15. The summed E-state index contributed by atoms with van der Waals surface area (Å²) in [5, 5.41) is 30.1. The maximum atomic E-state index is 10.8. The van der Waals surface area contributed by atoms with Gasteiger partial charge in [-0.3, -0.25) is 57.5 Å². The molecular weight excluding hydrogens is 1070 g/mol. The third-order valence-corrected chi connectivity index (χ3v) is 4.16. The standard InChI is InChI=1S/3C10H16N2O8.3C2H4O2.3Na/c3*1-7(13)17-11(18-8(2)14)5-6-12(19-9(3)15)20-10(4)16;3*1-2(3)4;;;/h3*5-6H2,1-4H3;3*1H3,(H,3,4);;;/q;;;;;;3*+1/p-3. The molecule has 0 aromatic rings. The zero-order chi connectivity index (χ0) is 57.9. The van der Waals surface area contributed by atoms with Crippen molar-refractivity contribution in [3.05, 3.63) is 0 Å². The number of nitrogens with zero attached hydrogens (tertiary/aromatic N) is 6. The van der Waals surface area contributed by atoms with E-state index in [0.717, 1.165) is 104 Å². The third kappa shape index (κ3) is 91.9. The molecule has 75 heavy (non-hydrogen) atoms. The number of hydrogen-bond donors (Lipinski definition) is 0. The van der Waals surface area contributed by atoms with E-state index in [4.69, 9.17) is 29.7 Å². The normalized spacial score (nSPS) is 9.08. The van der Waals surface area contributed by atoms with Gasteiger partial charge in [0.05, 0.1) is 39.3 Å². The van der Waals surface area contributed by atoms with E-state index in [0.29, 0.717) is 31.4 Å². The van der Waals surface area contributed by atoms with Gasteiger partial charge in [-0.25, -0.2) is 0 Å². The summed E-state index contributed by atoms with van der Waals surface area (Å²) in [5.74, 6) is -11.9. The second kappa shape index (κ2) is 55.1. The van der Waals surface area contributed by atoms with Gasteiger partial charge in [0, 0.05) is 132 Å². The summed E-state index contributed by atoms with van der Waals surface area (Å²) in [6.07, 6.45) is 0. The molecule has 0 amide bonds. The van der Waals surface area contributed by atoms with Crippen molar-refractivity contribution in [2.75, 3.05) is 39.3 Å². The molecule has 0 aliphatic heterocycles. The van der Waals surface area contributed by atoms with Crippen molar-refractivity contribution in [3.8, 4) is 0 Å². The molecular formula is C36H57N6Na3O30. The Morgan fingerprint density at radius 1 is 0.213 bits per heavy atom. The summed E-state index contributed by atoms with van der Waals surface area (Å²) < 4.78 is 0. The predicted molar refractivity (Wildman–Crippen MR) is 213 cm³/mol. The molecule has 0 spiro atoms. The van der Waals surface area contributed by atoms with Gasteiger partial charge in [0.1, 0.15) is 0 Å². The largest absolute Gasteiger partial charge is 1.00 e. The number of hydrogen-bond acceptors (Lipinski definition) is 36. The number of carbonyl (C=O) groups is 15. The predicted octanol–water partition coefficient (Wildman–Crippen LogP) is -14.2. The van der Waals surface area contributed by atoms with Crippen LogP contribution in [0.15, 0.2) is 0 Å². The van der Waals surface area contributed by atoms with E-state index < -0.39 is 89.5 Å². The van der Waals surface area contributed by atoms with Crippen LogP contribution in [-0.2, 0) is 130 Å². The Balaban J connectivity index is -0.000000110. The van der Waals surface area contributed by atoms with E-state index in [2.05, 4.69) is 58.1 Å². The number of carboxylic acid groups (broad SMARTS) is 3. The molecule has 0 aliphatic rings. The van der Waals surface area contributed by atoms with Crippen molar-refractivity contribution in [1.82, 2.24) is 31.4 Å². The van der Waals surface area contributed by atoms with Gasteiger partial charge in [-0.1, -0.05) is 0 Å². The van der Waals surface area contributed by atoms with Gasteiger partial charge in [-0.15, -0.1) is 0 Å². The van der Waals surface area contributed by atoms with Crippen molar-refractivity contribution in [2.24, 2.45) is 0 Å². The molecule has 0 aromatic heterocycles. The molecule has 0 atom stereocenters. The molecule has 0 N–H and O–H groups in total. The smallest absolute Gasteiger partial charge is 0.550 e. The minimum atomic E-state index is -1.08. The summed E-state index contributed by atoms with van der Waals surface area (Å²) in [7, 11) is 0. The van der Waals surface area contributed by atoms with Crippen molar-refractivity contribution in [2.45, 2.75) is 104 Å². The first-order valence-electron chi connectivity index (χ1n) is 19.2. The number of aliphatic carboxylic acids is 3. The fourth-order valence-corrected chi connectivity index (χ4v) is 2.87. The van der Waals surface area contributed by atoms with Gasteiger partial charge in [0.15, 0.2) is 0 Å². The zero-order valence-electron chi connectivity index (χ0n) is 44.7. The Bertz CT molecular complexity index is 1400. The van der Waals surface area contributed by atoms with Crippen LogP contribution in [0.25, 0.3) is 0 Å². The Morgan fingerprint density at radius 3 is 0.307 bits per heavy atom. The number of rotatable bonds is 21. The first-order valence-corrected chi connectivity index (χ1v) is 19.2. The minimum Gasteiger partial charge on any atom is -0.550 e. The van der Waals surface area contributed by atoms with Crippen LogP contribution in [0, 0.1) is 0 Å². The van der Waals surface area contributed by atoms with E-state index in [-0.39, 0.29) is 128 Å². The molecule has 0 radical (unpaired) electrons. The molecule has 0 aromatic carbocycles. The molecule has 0 fully saturated rings. The SMILES string of the molecule is CC(=O)ON(CCN(OC(C)=O)OC(C)=O)OC(C)=O.CC(=O)ON(CCN(OC(C)=O)OC(C)=O)OC(C)=O.CC(=O)ON(CCN(OC(C)=O)OC(C)=O)OC(C)=O.CC(=O)[O-].CC(=O)[O-].CC(=O)[O-].[Na+].[Na+].[Na+]. The summed E-state index contributed by atoms with van der Waals surface area (Å²) in [5.41, 5.74) is 0. The van der Waals surface area contributed by atoms with Crippen LogP contribution in [0.2, 0.25) is 0 Å². The minimum absolute atomic E-state index is 0. The van der Waals surface area contributed by atoms with Crippen LogP contribution < -0.4 is 104 Å². The van der Waals surface area contributed by atoms with E-state index in [1.165, 1.54) is 0 Å². The molecule has 39 heteroatoms. The average Bonchev–Trinajstić information content (AvgIpc) is 3.12. The van der Waals surface area contributed by atoms with Crippen LogP contribution in [0.4, 0.5) is 0 Å². The molecule has 36 nitrogen and oxygen atoms in total. The fraction of sp³-hybridized carbons (Fsp3) is 0.583. The summed E-state index contributed by atoms with van der Waals surface area (Å²) in [6, 6.07) is 0. The molecule has 0 heterocycles. The Morgan fingerprint density at radius 2 is 0.267 bits per heavy atom. The second-order valence-electron chi connectivity index (χ2n) is 11.8. The maximum Gasteiger partial charge on any atom is 1.00 e. The first kappa shape index (κ1) is 89.4. The molecule has 0 saturated carbocycles. The van der Waals surface area contributed by atoms with Gasteiger partial charge in [-0.05, 0) is 20.8 Å². The van der Waals surface area contributed by atoms with Gasteiger partial charge >= 0.3 is 160 Å². The Hall–Kier alpha value is -5.19. The first-order chi connectivity index (χ1) is 32.8. The third-order valence-electron chi connectivity index (χ3n) is 4.16. The zero-order valence-corrected chi connectivity index (χ0v) is 50.7.